The predicted octanol–water partition coefficient (Wildman–Crippen LogP) is 3.90. The summed E-state index contributed by atoms with van der Waals surface area (Å²) in [5, 5.41) is 20.2. The van der Waals surface area contributed by atoms with Gasteiger partial charge in [-0.3, -0.25) is 14.2 Å². The Labute approximate surface area is 168 Å². The van der Waals surface area contributed by atoms with Crippen molar-refractivity contribution in [2.24, 2.45) is 0 Å². The maximum Gasteiger partial charge on any atom is 0.271 e. The van der Waals surface area contributed by atoms with E-state index in [4.69, 9.17) is 4.42 Å². The maximum atomic E-state index is 13.2. The van der Waals surface area contributed by atoms with Gasteiger partial charge in [-0.25, -0.2) is 0 Å². The monoisotopic (exact) mass is 390 g/mol. The molecule has 6 nitrogen and oxygen atoms in total. The van der Waals surface area contributed by atoms with Gasteiger partial charge in [0.2, 0.25) is 5.88 Å². The second-order valence-corrected chi connectivity index (χ2v) is 7.94. The van der Waals surface area contributed by atoms with Crippen LogP contribution in [-0.2, 0) is 12.0 Å². The molecule has 6 heteroatoms. The quantitative estimate of drug-likeness (QED) is 0.682. The van der Waals surface area contributed by atoms with Gasteiger partial charge in [0.15, 0.2) is 5.78 Å². The Morgan fingerprint density at radius 1 is 1.21 bits per heavy atom. The van der Waals surface area contributed by atoms with Crippen LogP contribution < -0.4 is 5.56 Å². The van der Waals surface area contributed by atoms with Gasteiger partial charge in [0.1, 0.15) is 17.4 Å². The predicted molar refractivity (Wildman–Crippen MR) is 108 cm³/mol. The summed E-state index contributed by atoms with van der Waals surface area (Å²) in [5.41, 5.74) is 0.623. The van der Waals surface area contributed by atoms with Gasteiger partial charge in [0.25, 0.3) is 5.56 Å². The first kappa shape index (κ1) is 20.2. The third-order valence-electron chi connectivity index (χ3n) is 4.93. The van der Waals surface area contributed by atoms with Gasteiger partial charge in [-0.05, 0) is 35.6 Å². The Morgan fingerprint density at radius 2 is 1.86 bits per heavy atom. The van der Waals surface area contributed by atoms with Gasteiger partial charge >= 0.3 is 0 Å². The van der Waals surface area contributed by atoms with Crippen LogP contribution in [0.4, 0.5) is 0 Å². The molecule has 0 spiro atoms. The van der Waals surface area contributed by atoms with Crippen LogP contribution in [0.25, 0.3) is 0 Å². The van der Waals surface area contributed by atoms with Crippen LogP contribution in [0.15, 0.2) is 51.9 Å². The van der Waals surface area contributed by atoms with Gasteiger partial charge in [-0.2, -0.15) is 5.26 Å². The van der Waals surface area contributed by atoms with Gasteiger partial charge < -0.3 is 9.52 Å². The molecule has 0 fully saturated rings. The molecule has 0 atom stereocenters. The fourth-order valence-corrected chi connectivity index (χ4v) is 3.19. The highest BCUT2D eigenvalue weighted by molar-refractivity contribution is 6.11. The zero-order valence-electron chi connectivity index (χ0n) is 16.8. The minimum Gasteiger partial charge on any atom is -0.494 e. The summed E-state index contributed by atoms with van der Waals surface area (Å²) in [5.74, 6) is -0.513. The number of furan rings is 1. The van der Waals surface area contributed by atoms with Crippen LogP contribution in [0.1, 0.15) is 59.1 Å². The highest BCUT2D eigenvalue weighted by Crippen LogP contribution is 2.27. The van der Waals surface area contributed by atoms with Gasteiger partial charge in [-0.15, -0.1) is 0 Å². The van der Waals surface area contributed by atoms with E-state index in [0.717, 1.165) is 10.1 Å². The summed E-state index contributed by atoms with van der Waals surface area (Å²) in [6, 6.07) is 12.3. The highest BCUT2D eigenvalue weighted by atomic mass is 16.3. The van der Waals surface area contributed by atoms with Crippen molar-refractivity contribution in [3.63, 3.8) is 0 Å². The van der Waals surface area contributed by atoms with E-state index >= 15 is 0 Å². The summed E-state index contributed by atoms with van der Waals surface area (Å²) in [6.07, 6.45) is 1.44. The lowest BCUT2D eigenvalue weighted by Gasteiger charge is -2.19. The summed E-state index contributed by atoms with van der Waals surface area (Å²) in [6.45, 7) is 7.63. The standard InChI is InChI=1S/C23H22N2O4/c1-14-18(12-24)21(27)25(13-17-6-5-11-29-17)22(28)19(14)20(26)15-7-9-16(10-8-15)23(2,3)4/h5-11,28H,13H2,1-4H3. The summed E-state index contributed by atoms with van der Waals surface area (Å²) < 4.78 is 6.23. The van der Waals surface area contributed by atoms with Crippen LogP contribution in [-0.4, -0.2) is 15.5 Å². The number of pyridine rings is 1. The molecule has 0 aliphatic heterocycles. The first-order valence-electron chi connectivity index (χ1n) is 9.19. The van der Waals surface area contributed by atoms with Crippen molar-refractivity contribution in [2.45, 2.75) is 39.7 Å². The van der Waals surface area contributed by atoms with E-state index in [1.54, 1.807) is 24.3 Å². The first-order chi connectivity index (χ1) is 13.6. The number of rotatable bonds is 4. The molecule has 29 heavy (non-hydrogen) atoms. The smallest absolute Gasteiger partial charge is 0.271 e. The Bertz CT molecular complexity index is 1160. The molecular formula is C23H22N2O4. The van der Waals surface area contributed by atoms with Gasteiger partial charge in [0, 0.05) is 5.56 Å². The topological polar surface area (TPSA) is 96.2 Å². The van der Waals surface area contributed by atoms with Crippen molar-refractivity contribution >= 4 is 5.78 Å². The molecule has 148 valence electrons. The van der Waals surface area contributed by atoms with E-state index in [1.165, 1.54) is 13.2 Å². The summed E-state index contributed by atoms with van der Waals surface area (Å²) >= 11 is 0. The Hall–Kier alpha value is -3.59. The third-order valence-corrected chi connectivity index (χ3v) is 4.93. The number of nitriles is 1. The molecule has 2 aromatic heterocycles. The number of hydrogen-bond acceptors (Lipinski definition) is 5. The highest BCUT2D eigenvalue weighted by Gasteiger charge is 2.25. The van der Waals surface area contributed by atoms with Gasteiger partial charge in [-0.1, -0.05) is 45.0 Å². The molecule has 0 aliphatic carbocycles. The zero-order chi connectivity index (χ0) is 21.3. The van der Waals surface area contributed by atoms with Crippen molar-refractivity contribution in [3.8, 4) is 11.9 Å². The number of ketones is 1. The molecule has 0 radical (unpaired) electrons. The van der Waals surface area contributed by atoms with Crippen LogP contribution in [0.5, 0.6) is 5.88 Å². The molecule has 3 aromatic rings. The fourth-order valence-electron chi connectivity index (χ4n) is 3.19. The lowest BCUT2D eigenvalue weighted by molar-refractivity contribution is 0.103. The van der Waals surface area contributed by atoms with Gasteiger partial charge in [0.05, 0.1) is 18.4 Å². The van der Waals surface area contributed by atoms with E-state index in [9.17, 15) is 20.0 Å². The zero-order valence-corrected chi connectivity index (χ0v) is 16.8. The Kier molecular flexibility index (Phi) is 5.17. The molecule has 2 heterocycles. The number of aromatic hydroxyl groups is 1. The van der Waals surface area contributed by atoms with Crippen LogP contribution in [0.2, 0.25) is 0 Å². The molecule has 0 aliphatic rings. The summed E-state index contributed by atoms with van der Waals surface area (Å²) in [7, 11) is 0. The Balaban J connectivity index is 2.14. The van der Waals surface area contributed by atoms with Crippen molar-refractivity contribution < 1.29 is 14.3 Å². The maximum absolute atomic E-state index is 13.2. The minimum absolute atomic E-state index is 0.0591. The third kappa shape index (κ3) is 3.72. The minimum atomic E-state index is -0.668. The first-order valence-corrected chi connectivity index (χ1v) is 9.19. The van der Waals surface area contributed by atoms with Crippen LogP contribution in [0, 0.1) is 18.3 Å². The lowest BCUT2D eigenvalue weighted by Crippen LogP contribution is -2.27. The molecule has 0 amide bonds. The number of carbonyl (C=O) groups excluding carboxylic acids is 1. The number of nitrogens with zero attached hydrogens (tertiary/aromatic N) is 2. The summed E-state index contributed by atoms with van der Waals surface area (Å²) in [4.78, 5) is 25.8. The van der Waals surface area contributed by atoms with Crippen molar-refractivity contribution in [2.75, 3.05) is 0 Å². The fraction of sp³-hybridized carbons (Fsp3) is 0.261. The number of hydrogen-bond donors (Lipinski definition) is 1. The van der Waals surface area contributed by atoms with E-state index < -0.39 is 17.2 Å². The van der Waals surface area contributed by atoms with E-state index in [0.29, 0.717) is 11.3 Å². The van der Waals surface area contributed by atoms with Crippen molar-refractivity contribution in [1.82, 2.24) is 4.57 Å². The lowest BCUT2D eigenvalue weighted by atomic mass is 9.86. The Morgan fingerprint density at radius 3 is 2.38 bits per heavy atom. The molecule has 0 saturated heterocycles. The molecule has 1 N–H and O–H groups in total. The molecular weight excluding hydrogens is 368 g/mol. The average molecular weight is 390 g/mol. The normalized spacial score (nSPS) is 11.3. The number of carbonyl (C=O) groups is 1. The average Bonchev–Trinajstić information content (AvgIpc) is 3.18. The number of benzene rings is 1. The van der Waals surface area contributed by atoms with E-state index in [1.807, 2.05) is 18.2 Å². The molecule has 0 unspecified atom stereocenters. The molecule has 0 saturated carbocycles. The second-order valence-electron chi connectivity index (χ2n) is 7.94. The second kappa shape index (κ2) is 7.44. The van der Waals surface area contributed by atoms with E-state index in [-0.39, 0.29) is 28.7 Å². The van der Waals surface area contributed by atoms with Crippen LogP contribution >= 0.6 is 0 Å². The molecule has 1 aromatic carbocycles. The number of aromatic nitrogens is 1. The molecule has 3 rings (SSSR count). The van der Waals surface area contributed by atoms with E-state index in [2.05, 4.69) is 20.8 Å². The van der Waals surface area contributed by atoms with Crippen LogP contribution in [0.3, 0.4) is 0 Å². The van der Waals surface area contributed by atoms with Crippen molar-refractivity contribution in [1.29, 1.82) is 5.26 Å². The SMILES string of the molecule is Cc1c(C(=O)c2ccc(C(C)(C)C)cc2)c(O)n(Cc2ccco2)c(=O)c1C#N. The largest absolute Gasteiger partial charge is 0.494 e. The molecule has 0 bridgehead atoms. The van der Waals surface area contributed by atoms with Crippen molar-refractivity contribution in [3.05, 3.63) is 86.6 Å².